The van der Waals surface area contributed by atoms with Crippen molar-refractivity contribution in [2.45, 2.75) is 25.4 Å². The minimum absolute atomic E-state index is 0.0896. The average molecular weight is 274 g/mol. The molecule has 1 aromatic carbocycles. The van der Waals surface area contributed by atoms with E-state index in [1.807, 2.05) is 4.90 Å². The molecule has 1 N–H and O–H groups in total. The molecule has 0 saturated carbocycles. The fraction of sp³-hybridized carbons (Fsp3) is 0.562. The number of rotatable bonds is 3. The van der Waals surface area contributed by atoms with Crippen molar-refractivity contribution in [3.8, 4) is 0 Å². The topological polar surface area (TPSA) is 41.6 Å². The van der Waals surface area contributed by atoms with Gasteiger partial charge in [-0.15, -0.1) is 0 Å². The molecule has 1 aliphatic carbocycles. The Kier molecular flexibility index (Phi) is 4.33. The molecule has 1 heterocycles. The van der Waals surface area contributed by atoms with Gasteiger partial charge in [-0.3, -0.25) is 4.79 Å². The zero-order valence-corrected chi connectivity index (χ0v) is 11.8. The summed E-state index contributed by atoms with van der Waals surface area (Å²) in [6.45, 7) is 3.57. The Morgan fingerprint density at radius 3 is 2.95 bits per heavy atom. The maximum Gasteiger partial charge on any atom is 0.248 e. The molecule has 0 radical (unpaired) electrons. The first-order valence-electron chi connectivity index (χ1n) is 7.52. The van der Waals surface area contributed by atoms with Gasteiger partial charge in [-0.1, -0.05) is 24.3 Å². The van der Waals surface area contributed by atoms with Gasteiger partial charge in [-0.05, 0) is 30.4 Å². The number of nitrogens with one attached hydrogen (secondary N) is 1. The summed E-state index contributed by atoms with van der Waals surface area (Å²) < 4.78 is 5.91. The first-order chi connectivity index (χ1) is 9.84. The van der Waals surface area contributed by atoms with E-state index in [0.29, 0.717) is 0 Å². The van der Waals surface area contributed by atoms with Crippen LogP contribution in [-0.2, 0) is 16.0 Å². The van der Waals surface area contributed by atoms with E-state index >= 15 is 0 Å². The van der Waals surface area contributed by atoms with Crippen molar-refractivity contribution in [3.05, 3.63) is 35.4 Å². The average Bonchev–Trinajstić information content (AvgIpc) is 2.53. The van der Waals surface area contributed by atoms with Crippen molar-refractivity contribution in [1.29, 1.82) is 0 Å². The third-order valence-electron chi connectivity index (χ3n) is 4.19. The Morgan fingerprint density at radius 2 is 2.10 bits per heavy atom. The van der Waals surface area contributed by atoms with Crippen LogP contribution in [0.1, 0.15) is 30.1 Å². The molecule has 1 atom stereocenters. The van der Waals surface area contributed by atoms with Gasteiger partial charge >= 0.3 is 0 Å². The van der Waals surface area contributed by atoms with Gasteiger partial charge in [0, 0.05) is 26.2 Å². The first-order valence-corrected chi connectivity index (χ1v) is 7.52. The highest BCUT2D eigenvalue weighted by atomic mass is 16.5. The molecule has 4 nitrogen and oxygen atoms in total. The van der Waals surface area contributed by atoms with Gasteiger partial charge in [0.1, 0.15) is 6.61 Å². The number of aryl methyl sites for hydroxylation is 1. The van der Waals surface area contributed by atoms with Crippen molar-refractivity contribution >= 4 is 5.91 Å². The van der Waals surface area contributed by atoms with Gasteiger partial charge in [0.05, 0.1) is 6.10 Å². The number of amides is 1. The first kappa shape index (κ1) is 13.6. The van der Waals surface area contributed by atoms with E-state index in [2.05, 4.69) is 29.6 Å². The lowest BCUT2D eigenvalue weighted by molar-refractivity contribution is -0.139. The number of benzene rings is 1. The molecule has 1 saturated heterocycles. The summed E-state index contributed by atoms with van der Waals surface area (Å²) in [6.07, 6.45) is 3.38. The second kappa shape index (κ2) is 6.37. The second-order valence-corrected chi connectivity index (χ2v) is 5.52. The van der Waals surface area contributed by atoms with Crippen molar-refractivity contribution in [3.63, 3.8) is 0 Å². The molecule has 3 rings (SSSR count). The van der Waals surface area contributed by atoms with Gasteiger partial charge in [0.2, 0.25) is 5.91 Å². The monoisotopic (exact) mass is 274 g/mol. The molecule has 4 heteroatoms. The Hall–Kier alpha value is -1.39. The number of carbonyl (C=O) groups excluding carboxylic acids is 1. The van der Waals surface area contributed by atoms with E-state index in [9.17, 15) is 4.79 Å². The van der Waals surface area contributed by atoms with Gasteiger partial charge in [0.15, 0.2) is 0 Å². The van der Waals surface area contributed by atoms with Crippen LogP contribution in [0, 0.1) is 0 Å². The summed E-state index contributed by atoms with van der Waals surface area (Å²) in [5.41, 5.74) is 2.64. The van der Waals surface area contributed by atoms with E-state index < -0.39 is 0 Å². The number of fused-ring (bicyclic) bond motifs is 1. The predicted molar refractivity (Wildman–Crippen MR) is 77.5 cm³/mol. The van der Waals surface area contributed by atoms with Crippen LogP contribution < -0.4 is 5.32 Å². The van der Waals surface area contributed by atoms with E-state index in [1.165, 1.54) is 11.1 Å². The Labute approximate surface area is 120 Å². The summed E-state index contributed by atoms with van der Waals surface area (Å²) in [5.74, 6) is 0.120. The van der Waals surface area contributed by atoms with Crippen LogP contribution in [0.2, 0.25) is 0 Å². The molecule has 0 aromatic heterocycles. The molecule has 0 spiro atoms. The Balaban J connectivity index is 1.57. The lowest BCUT2D eigenvalue weighted by Crippen LogP contribution is -2.47. The number of hydrogen-bond donors (Lipinski definition) is 1. The van der Waals surface area contributed by atoms with Crippen LogP contribution in [0.5, 0.6) is 0 Å². The SMILES string of the molecule is O=C(COC1CCCc2ccccc21)N1CCNCC1. The fourth-order valence-electron chi connectivity index (χ4n) is 3.06. The number of piperazine rings is 1. The van der Waals surface area contributed by atoms with E-state index in [1.54, 1.807) is 0 Å². The van der Waals surface area contributed by atoms with Gasteiger partial charge < -0.3 is 15.0 Å². The van der Waals surface area contributed by atoms with Gasteiger partial charge in [0.25, 0.3) is 0 Å². The second-order valence-electron chi connectivity index (χ2n) is 5.52. The van der Waals surface area contributed by atoms with Crippen LogP contribution in [0.25, 0.3) is 0 Å². The molecule has 2 aliphatic rings. The maximum absolute atomic E-state index is 12.1. The summed E-state index contributed by atoms with van der Waals surface area (Å²) in [7, 11) is 0. The minimum atomic E-state index is 0.0896. The zero-order chi connectivity index (χ0) is 13.8. The molecule has 1 aliphatic heterocycles. The van der Waals surface area contributed by atoms with Crippen molar-refractivity contribution < 1.29 is 9.53 Å². The predicted octanol–water partition coefficient (Wildman–Crippen LogP) is 1.51. The Morgan fingerprint density at radius 1 is 1.30 bits per heavy atom. The minimum Gasteiger partial charge on any atom is -0.364 e. The number of ether oxygens (including phenoxy) is 1. The molecule has 1 aromatic rings. The lowest BCUT2D eigenvalue weighted by atomic mass is 9.89. The van der Waals surface area contributed by atoms with Crippen molar-refractivity contribution in [2.24, 2.45) is 0 Å². The van der Waals surface area contributed by atoms with E-state index in [-0.39, 0.29) is 18.6 Å². The standard InChI is InChI=1S/C16H22N2O2/c19-16(18-10-8-17-9-11-18)12-20-15-7-3-5-13-4-1-2-6-14(13)15/h1-2,4,6,15,17H,3,5,7-12H2. The number of hydrogen-bond acceptors (Lipinski definition) is 3. The largest absolute Gasteiger partial charge is 0.364 e. The molecular formula is C16H22N2O2. The molecular weight excluding hydrogens is 252 g/mol. The smallest absolute Gasteiger partial charge is 0.248 e. The van der Waals surface area contributed by atoms with Crippen LogP contribution in [0.15, 0.2) is 24.3 Å². The lowest BCUT2D eigenvalue weighted by Gasteiger charge is -2.29. The fourth-order valence-corrected chi connectivity index (χ4v) is 3.06. The van der Waals surface area contributed by atoms with Crippen LogP contribution >= 0.6 is 0 Å². The normalized spacial score (nSPS) is 22.4. The van der Waals surface area contributed by atoms with Crippen LogP contribution in [0.4, 0.5) is 0 Å². The highest BCUT2D eigenvalue weighted by Gasteiger charge is 2.23. The van der Waals surface area contributed by atoms with Crippen LogP contribution in [-0.4, -0.2) is 43.6 Å². The van der Waals surface area contributed by atoms with E-state index in [4.69, 9.17) is 4.74 Å². The highest BCUT2D eigenvalue weighted by Crippen LogP contribution is 2.32. The third-order valence-corrected chi connectivity index (χ3v) is 4.19. The van der Waals surface area contributed by atoms with Crippen molar-refractivity contribution in [1.82, 2.24) is 10.2 Å². The maximum atomic E-state index is 12.1. The van der Waals surface area contributed by atoms with Gasteiger partial charge in [-0.25, -0.2) is 0 Å². The summed E-state index contributed by atoms with van der Waals surface area (Å²) in [4.78, 5) is 14.0. The van der Waals surface area contributed by atoms with E-state index in [0.717, 1.165) is 45.4 Å². The molecule has 20 heavy (non-hydrogen) atoms. The summed E-state index contributed by atoms with van der Waals surface area (Å²) >= 11 is 0. The highest BCUT2D eigenvalue weighted by molar-refractivity contribution is 5.77. The molecule has 1 amide bonds. The molecule has 108 valence electrons. The molecule has 1 unspecified atom stereocenters. The summed E-state index contributed by atoms with van der Waals surface area (Å²) in [6, 6.07) is 8.43. The zero-order valence-electron chi connectivity index (χ0n) is 11.8. The molecule has 1 fully saturated rings. The van der Waals surface area contributed by atoms with Gasteiger partial charge in [-0.2, -0.15) is 0 Å². The number of nitrogens with zero attached hydrogens (tertiary/aromatic N) is 1. The summed E-state index contributed by atoms with van der Waals surface area (Å²) in [5, 5.41) is 3.25. The van der Waals surface area contributed by atoms with Crippen molar-refractivity contribution in [2.75, 3.05) is 32.8 Å². The Bertz CT molecular complexity index is 469. The quantitative estimate of drug-likeness (QED) is 0.908. The third kappa shape index (κ3) is 3.02. The molecule has 0 bridgehead atoms. The van der Waals surface area contributed by atoms with Crippen LogP contribution in [0.3, 0.4) is 0 Å². The number of carbonyl (C=O) groups is 1.